The summed E-state index contributed by atoms with van der Waals surface area (Å²) in [6.45, 7) is -0.0913. The maximum atomic E-state index is 13.2. The number of carbonyl (C=O) groups excluding carboxylic acids is 1. The van der Waals surface area contributed by atoms with Crippen LogP contribution in [0.1, 0.15) is 0 Å². The van der Waals surface area contributed by atoms with Crippen LogP contribution in [0.25, 0.3) is 10.9 Å². The van der Waals surface area contributed by atoms with E-state index >= 15 is 0 Å². The molecule has 0 saturated carbocycles. The normalized spacial score (nSPS) is 11.5. The summed E-state index contributed by atoms with van der Waals surface area (Å²) in [5.74, 6) is -0.849. The van der Waals surface area contributed by atoms with Crippen molar-refractivity contribution < 1.29 is 17.6 Å². The second kappa shape index (κ2) is 7.93. The number of hydrogen-bond acceptors (Lipinski definition) is 3. The predicted octanol–water partition coefficient (Wildman–Crippen LogP) is 4.91. The Bertz CT molecular complexity index is 1350. The van der Waals surface area contributed by atoms with E-state index in [1.807, 2.05) is 0 Å². The number of aromatic nitrogens is 1. The first-order valence-electron chi connectivity index (χ1n) is 8.98. The minimum atomic E-state index is -3.90. The molecule has 0 aliphatic carbocycles. The molecule has 1 amide bonds. The van der Waals surface area contributed by atoms with Crippen LogP contribution in [0.3, 0.4) is 0 Å². The van der Waals surface area contributed by atoms with Crippen molar-refractivity contribution in [2.45, 2.75) is 16.3 Å². The maximum Gasteiger partial charge on any atom is 0.244 e. The molecule has 0 spiro atoms. The van der Waals surface area contributed by atoms with Crippen LogP contribution in [0.2, 0.25) is 5.02 Å². The molecule has 0 fully saturated rings. The Hall–Kier alpha value is -3.16. The molecule has 5 nitrogen and oxygen atoms in total. The lowest BCUT2D eigenvalue weighted by Gasteiger charge is -2.07. The van der Waals surface area contributed by atoms with E-state index in [-0.39, 0.29) is 22.2 Å². The summed E-state index contributed by atoms with van der Waals surface area (Å²) in [6, 6.07) is 18.3. The van der Waals surface area contributed by atoms with Gasteiger partial charge in [-0.05, 0) is 48.5 Å². The molecule has 0 aliphatic rings. The number of anilines is 1. The average Bonchev–Trinajstić information content (AvgIpc) is 3.07. The Morgan fingerprint density at radius 1 is 1.00 bits per heavy atom. The predicted molar refractivity (Wildman–Crippen MR) is 114 cm³/mol. The number of benzene rings is 3. The highest BCUT2D eigenvalue weighted by Crippen LogP contribution is 2.30. The molecule has 0 saturated heterocycles. The molecule has 0 aliphatic heterocycles. The van der Waals surface area contributed by atoms with Crippen LogP contribution in [0.15, 0.2) is 88.8 Å². The average molecular weight is 443 g/mol. The van der Waals surface area contributed by atoms with Gasteiger partial charge >= 0.3 is 0 Å². The Morgan fingerprint density at radius 2 is 1.73 bits per heavy atom. The zero-order chi connectivity index (χ0) is 21.3. The number of nitrogens with one attached hydrogen (secondary N) is 1. The third-order valence-corrected chi connectivity index (χ3v) is 6.62. The van der Waals surface area contributed by atoms with Gasteiger partial charge in [0, 0.05) is 27.8 Å². The van der Waals surface area contributed by atoms with Crippen molar-refractivity contribution in [2.75, 3.05) is 5.32 Å². The molecule has 0 unspecified atom stereocenters. The fourth-order valence-electron chi connectivity index (χ4n) is 3.22. The Kier molecular flexibility index (Phi) is 5.32. The van der Waals surface area contributed by atoms with Gasteiger partial charge in [-0.25, -0.2) is 12.8 Å². The molecule has 1 N–H and O–H groups in total. The molecule has 4 aromatic rings. The molecule has 8 heteroatoms. The number of halogens is 2. The van der Waals surface area contributed by atoms with E-state index in [4.69, 9.17) is 11.6 Å². The lowest BCUT2D eigenvalue weighted by Crippen LogP contribution is -2.18. The monoisotopic (exact) mass is 442 g/mol. The van der Waals surface area contributed by atoms with Crippen molar-refractivity contribution in [1.82, 2.24) is 4.57 Å². The first-order valence-corrected chi connectivity index (χ1v) is 10.8. The fraction of sp³-hybridized carbons (Fsp3) is 0.0455. The number of amides is 1. The summed E-state index contributed by atoms with van der Waals surface area (Å²) < 4.78 is 41.1. The van der Waals surface area contributed by atoms with Crippen molar-refractivity contribution in [3.8, 4) is 0 Å². The summed E-state index contributed by atoms with van der Waals surface area (Å²) >= 11 is 5.94. The van der Waals surface area contributed by atoms with E-state index in [0.29, 0.717) is 21.6 Å². The number of para-hydroxylation sites is 1. The molecular weight excluding hydrogens is 427 g/mol. The van der Waals surface area contributed by atoms with E-state index in [9.17, 15) is 17.6 Å². The summed E-state index contributed by atoms with van der Waals surface area (Å²) in [4.78, 5) is 12.6. The highest BCUT2D eigenvalue weighted by Gasteiger charge is 2.24. The van der Waals surface area contributed by atoms with Gasteiger partial charge in [0.2, 0.25) is 15.7 Å². The summed E-state index contributed by atoms with van der Waals surface area (Å²) in [5, 5.41) is 3.72. The smallest absolute Gasteiger partial charge is 0.244 e. The summed E-state index contributed by atoms with van der Waals surface area (Å²) in [5.41, 5.74) is 1.14. The van der Waals surface area contributed by atoms with Gasteiger partial charge in [0.25, 0.3) is 0 Å². The van der Waals surface area contributed by atoms with Crippen molar-refractivity contribution in [3.63, 3.8) is 0 Å². The summed E-state index contributed by atoms with van der Waals surface area (Å²) in [6.07, 6.45) is 1.43. The zero-order valence-corrected chi connectivity index (χ0v) is 17.1. The van der Waals surface area contributed by atoms with Crippen molar-refractivity contribution in [2.24, 2.45) is 0 Å². The maximum absolute atomic E-state index is 13.2. The van der Waals surface area contributed by atoms with Crippen molar-refractivity contribution >= 4 is 43.9 Å². The lowest BCUT2D eigenvalue weighted by molar-refractivity contribution is -0.116. The Balaban J connectivity index is 1.70. The van der Waals surface area contributed by atoms with Gasteiger partial charge in [0.05, 0.1) is 9.79 Å². The quantitative estimate of drug-likeness (QED) is 0.447. The minimum Gasteiger partial charge on any atom is -0.337 e. The van der Waals surface area contributed by atoms with Crippen LogP contribution in [-0.2, 0) is 21.2 Å². The fourth-order valence-corrected chi connectivity index (χ4v) is 4.89. The van der Waals surface area contributed by atoms with E-state index < -0.39 is 15.7 Å². The van der Waals surface area contributed by atoms with Gasteiger partial charge in [0.15, 0.2) is 0 Å². The van der Waals surface area contributed by atoms with E-state index in [1.165, 1.54) is 18.3 Å². The molecular formula is C22H16ClFN2O3S. The number of carbonyl (C=O) groups is 1. The van der Waals surface area contributed by atoms with Crippen LogP contribution < -0.4 is 5.32 Å². The standard InChI is InChI=1S/C22H16ClFN2O3S/c23-15-4-3-5-17(12-15)25-22(27)14-26-13-21(19-6-1-2-7-20(19)26)30(28,29)18-10-8-16(24)9-11-18/h1-13H,14H2,(H,25,27). The number of nitrogens with zero attached hydrogens (tertiary/aromatic N) is 1. The van der Waals surface area contributed by atoms with Crippen LogP contribution in [-0.4, -0.2) is 18.9 Å². The lowest BCUT2D eigenvalue weighted by atomic mass is 10.2. The molecule has 152 valence electrons. The van der Waals surface area contributed by atoms with Crippen molar-refractivity contribution in [3.05, 3.63) is 89.8 Å². The van der Waals surface area contributed by atoms with Crippen molar-refractivity contribution in [1.29, 1.82) is 0 Å². The number of fused-ring (bicyclic) bond motifs is 1. The molecule has 4 rings (SSSR count). The van der Waals surface area contributed by atoms with Crippen LogP contribution >= 0.6 is 11.6 Å². The van der Waals surface area contributed by atoms with Crippen LogP contribution in [0, 0.1) is 5.82 Å². The highest BCUT2D eigenvalue weighted by atomic mass is 35.5. The van der Waals surface area contributed by atoms with Crippen LogP contribution in [0.5, 0.6) is 0 Å². The molecule has 0 atom stereocenters. The van der Waals surface area contributed by atoms with E-state index in [2.05, 4.69) is 5.32 Å². The third-order valence-electron chi connectivity index (χ3n) is 4.59. The van der Waals surface area contributed by atoms with Gasteiger partial charge in [0.1, 0.15) is 12.4 Å². The topological polar surface area (TPSA) is 68.2 Å². The van der Waals surface area contributed by atoms with Gasteiger partial charge in [-0.2, -0.15) is 0 Å². The minimum absolute atomic E-state index is 0.0183. The van der Waals surface area contributed by atoms with Gasteiger partial charge in [-0.3, -0.25) is 4.79 Å². The van der Waals surface area contributed by atoms with Crippen LogP contribution in [0.4, 0.5) is 10.1 Å². The highest BCUT2D eigenvalue weighted by molar-refractivity contribution is 7.91. The first kappa shape index (κ1) is 20.1. The first-order chi connectivity index (χ1) is 14.3. The molecule has 3 aromatic carbocycles. The van der Waals surface area contributed by atoms with Gasteiger partial charge in [-0.1, -0.05) is 35.9 Å². The number of rotatable bonds is 5. The van der Waals surface area contributed by atoms with Gasteiger partial charge in [-0.15, -0.1) is 0 Å². The second-order valence-corrected chi connectivity index (χ2v) is 9.01. The second-order valence-electron chi connectivity index (χ2n) is 6.65. The molecule has 1 aromatic heterocycles. The molecule has 30 heavy (non-hydrogen) atoms. The third kappa shape index (κ3) is 3.94. The SMILES string of the molecule is O=C(Cn1cc(S(=O)(=O)c2ccc(F)cc2)c2ccccc21)Nc1cccc(Cl)c1. The summed E-state index contributed by atoms with van der Waals surface area (Å²) in [7, 11) is -3.90. The number of sulfone groups is 1. The van der Waals surface area contributed by atoms with E-state index in [0.717, 1.165) is 12.1 Å². The Morgan fingerprint density at radius 3 is 2.47 bits per heavy atom. The Labute approximate surface area is 177 Å². The molecule has 0 bridgehead atoms. The van der Waals surface area contributed by atoms with E-state index in [1.54, 1.807) is 53.1 Å². The van der Waals surface area contributed by atoms with Gasteiger partial charge < -0.3 is 9.88 Å². The zero-order valence-electron chi connectivity index (χ0n) is 15.5. The largest absolute Gasteiger partial charge is 0.337 e. The molecule has 1 heterocycles. The molecule has 0 radical (unpaired) electrons. The number of hydrogen-bond donors (Lipinski definition) is 1.